The first-order chi connectivity index (χ1) is 16.7. The minimum absolute atomic E-state index is 0.137. The zero-order chi connectivity index (χ0) is 24.7. The minimum Gasteiger partial charge on any atom is -0.356 e. The summed E-state index contributed by atoms with van der Waals surface area (Å²) in [6, 6.07) is 9.51. The van der Waals surface area contributed by atoms with Crippen LogP contribution in [-0.2, 0) is 29.5 Å². The van der Waals surface area contributed by atoms with Gasteiger partial charge >= 0.3 is 0 Å². The Kier molecular flexibility index (Phi) is 5.89. The third kappa shape index (κ3) is 4.69. The number of carbonyl (C=O) groups is 1. The number of nitrogens with zero attached hydrogens (tertiary/aromatic N) is 6. The van der Waals surface area contributed by atoms with Gasteiger partial charge in [0.1, 0.15) is 18.0 Å². The topological polar surface area (TPSA) is 115 Å². The van der Waals surface area contributed by atoms with E-state index in [1.165, 1.54) is 6.33 Å². The fourth-order valence-electron chi connectivity index (χ4n) is 4.48. The van der Waals surface area contributed by atoms with Gasteiger partial charge in [0, 0.05) is 44.0 Å². The third-order valence-electron chi connectivity index (χ3n) is 6.41. The molecule has 0 bridgehead atoms. The number of benzene rings is 1. The third-order valence-corrected chi connectivity index (χ3v) is 7.07. The van der Waals surface area contributed by atoms with Crippen LogP contribution in [-0.4, -0.2) is 57.8 Å². The Morgan fingerprint density at radius 1 is 1.20 bits per heavy atom. The Morgan fingerprint density at radius 3 is 2.71 bits per heavy atom. The van der Waals surface area contributed by atoms with Crippen LogP contribution >= 0.6 is 0 Å². The first-order valence-electron chi connectivity index (χ1n) is 11.4. The van der Waals surface area contributed by atoms with Crippen LogP contribution in [0.15, 0.2) is 49.1 Å². The summed E-state index contributed by atoms with van der Waals surface area (Å²) in [4.78, 5) is 28.8. The fraction of sp³-hybridized carbons (Fsp3) is 0.333. The SMILES string of the molecule is Cc1ccc(C(=O)n2ccc3c(N(C)C4CCn5cc(CNS(C)(=O)=O)nc5C4)ncnc32)cc1. The molecular formula is C24H27N7O3S. The lowest BCUT2D eigenvalue weighted by atomic mass is 10.0. The molecule has 4 aromatic rings. The number of carbonyl (C=O) groups excluding carboxylic acids is 1. The molecule has 5 rings (SSSR count). The van der Waals surface area contributed by atoms with E-state index in [2.05, 4.69) is 29.1 Å². The lowest BCUT2D eigenvalue weighted by Gasteiger charge is -2.32. The molecule has 1 atom stereocenters. The molecule has 0 aliphatic carbocycles. The van der Waals surface area contributed by atoms with Crippen LogP contribution in [0.5, 0.6) is 0 Å². The van der Waals surface area contributed by atoms with Crippen molar-refractivity contribution in [2.75, 3.05) is 18.2 Å². The molecule has 10 nitrogen and oxygen atoms in total. The highest BCUT2D eigenvalue weighted by Crippen LogP contribution is 2.28. The standard InChI is InChI=1S/C24H27N7O3S/c1-16-4-6-17(7-5-16)24(32)31-11-9-20-22(25-15-26-23(20)31)29(2)19-8-10-30-14-18(28-21(30)12-19)13-27-35(3,33)34/h4-7,9,11,14-15,19,27H,8,10,12-13H2,1-3H3. The Bertz CT molecular complexity index is 1510. The largest absolute Gasteiger partial charge is 0.356 e. The van der Waals surface area contributed by atoms with E-state index in [1.807, 2.05) is 50.5 Å². The summed E-state index contributed by atoms with van der Waals surface area (Å²) in [7, 11) is -1.28. The second-order valence-electron chi connectivity index (χ2n) is 8.98. The number of hydrogen-bond acceptors (Lipinski definition) is 7. The van der Waals surface area contributed by atoms with Crippen molar-refractivity contribution >= 4 is 32.8 Å². The van der Waals surface area contributed by atoms with Gasteiger partial charge in [-0.3, -0.25) is 9.36 Å². The molecule has 0 saturated heterocycles. The maximum Gasteiger partial charge on any atom is 0.263 e. The summed E-state index contributed by atoms with van der Waals surface area (Å²) >= 11 is 0. The van der Waals surface area contributed by atoms with Crippen LogP contribution in [0, 0.1) is 6.92 Å². The number of fused-ring (bicyclic) bond motifs is 2. The Morgan fingerprint density at radius 2 is 1.97 bits per heavy atom. The van der Waals surface area contributed by atoms with Gasteiger partial charge in [-0.05, 0) is 31.5 Å². The van der Waals surface area contributed by atoms with Crippen LogP contribution in [0.4, 0.5) is 5.82 Å². The first-order valence-corrected chi connectivity index (χ1v) is 13.2. The molecule has 4 heterocycles. The number of rotatable bonds is 6. The highest BCUT2D eigenvalue weighted by atomic mass is 32.2. The fourth-order valence-corrected chi connectivity index (χ4v) is 4.89. The molecule has 1 aliphatic rings. The monoisotopic (exact) mass is 493 g/mol. The number of anilines is 1. The second kappa shape index (κ2) is 8.90. The van der Waals surface area contributed by atoms with Crippen LogP contribution in [0.3, 0.4) is 0 Å². The van der Waals surface area contributed by atoms with E-state index in [-0.39, 0.29) is 18.5 Å². The summed E-state index contributed by atoms with van der Waals surface area (Å²) in [6.45, 7) is 2.94. The summed E-state index contributed by atoms with van der Waals surface area (Å²) in [6.07, 6.45) is 7.86. The molecular weight excluding hydrogens is 466 g/mol. The summed E-state index contributed by atoms with van der Waals surface area (Å²) < 4.78 is 28.9. The molecule has 1 N–H and O–H groups in total. The molecule has 35 heavy (non-hydrogen) atoms. The highest BCUT2D eigenvalue weighted by Gasteiger charge is 2.27. The molecule has 3 aromatic heterocycles. The Labute approximate surface area is 203 Å². The molecule has 182 valence electrons. The van der Waals surface area contributed by atoms with E-state index in [1.54, 1.807) is 10.8 Å². The summed E-state index contributed by atoms with van der Waals surface area (Å²) in [5.74, 6) is 1.53. The molecule has 11 heteroatoms. The van der Waals surface area contributed by atoms with E-state index in [0.29, 0.717) is 23.3 Å². The predicted octanol–water partition coefficient (Wildman–Crippen LogP) is 2.13. The maximum absolute atomic E-state index is 13.1. The van der Waals surface area contributed by atoms with Gasteiger partial charge in [0.05, 0.1) is 23.9 Å². The Hall–Kier alpha value is -3.57. The van der Waals surface area contributed by atoms with Gasteiger partial charge in [0.2, 0.25) is 10.0 Å². The molecule has 0 spiro atoms. The highest BCUT2D eigenvalue weighted by molar-refractivity contribution is 7.88. The number of hydrogen-bond donors (Lipinski definition) is 1. The molecule has 1 aliphatic heterocycles. The smallest absolute Gasteiger partial charge is 0.263 e. The number of aromatic nitrogens is 5. The van der Waals surface area contributed by atoms with E-state index in [0.717, 1.165) is 41.8 Å². The lowest BCUT2D eigenvalue weighted by Crippen LogP contribution is -2.38. The second-order valence-corrected chi connectivity index (χ2v) is 10.8. The van der Waals surface area contributed by atoms with Crippen molar-refractivity contribution in [3.8, 4) is 0 Å². The average molecular weight is 494 g/mol. The summed E-state index contributed by atoms with van der Waals surface area (Å²) in [5.41, 5.74) is 2.96. The molecule has 0 amide bonds. The number of imidazole rings is 1. The van der Waals surface area contributed by atoms with Gasteiger partial charge in [-0.2, -0.15) is 0 Å². The van der Waals surface area contributed by atoms with Gasteiger partial charge in [-0.25, -0.2) is 28.1 Å². The van der Waals surface area contributed by atoms with Crippen LogP contribution in [0.25, 0.3) is 11.0 Å². The van der Waals surface area contributed by atoms with Crippen LogP contribution in [0.1, 0.15) is 33.9 Å². The van der Waals surface area contributed by atoms with E-state index in [4.69, 9.17) is 0 Å². The lowest BCUT2D eigenvalue weighted by molar-refractivity contribution is 0.0964. The van der Waals surface area contributed by atoms with E-state index >= 15 is 0 Å². The van der Waals surface area contributed by atoms with E-state index < -0.39 is 10.0 Å². The number of aryl methyl sites for hydroxylation is 2. The molecule has 0 radical (unpaired) electrons. The predicted molar refractivity (Wildman–Crippen MR) is 133 cm³/mol. The number of likely N-dealkylation sites (N-methyl/N-ethyl adjacent to an activating group) is 1. The van der Waals surface area contributed by atoms with Gasteiger partial charge < -0.3 is 9.47 Å². The van der Waals surface area contributed by atoms with Crippen molar-refractivity contribution in [1.82, 2.24) is 28.8 Å². The average Bonchev–Trinajstić information content (AvgIpc) is 3.45. The van der Waals surface area contributed by atoms with Gasteiger partial charge in [-0.15, -0.1) is 0 Å². The number of nitrogens with one attached hydrogen (secondary N) is 1. The van der Waals surface area contributed by atoms with E-state index in [9.17, 15) is 13.2 Å². The van der Waals surface area contributed by atoms with Crippen molar-refractivity contribution in [3.05, 3.63) is 71.7 Å². The van der Waals surface area contributed by atoms with Crippen LogP contribution < -0.4 is 9.62 Å². The number of sulfonamides is 1. The molecule has 0 fully saturated rings. The quantitative estimate of drug-likeness (QED) is 0.437. The zero-order valence-corrected chi connectivity index (χ0v) is 20.7. The molecule has 1 unspecified atom stereocenters. The molecule has 0 saturated carbocycles. The van der Waals surface area contributed by atoms with Crippen molar-refractivity contribution in [3.63, 3.8) is 0 Å². The normalized spacial score (nSPS) is 15.8. The molecule has 1 aromatic carbocycles. The van der Waals surface area contributed by atoms with Crippen molar-refractivity contribution in [1.29, 1.82) is 0 Å². The van der Waals surface area contributed by atoms with Crippen molar-refractivity contribution in [2.45, 2.75) is 38.9 Å². The Balaban J connectivity index is 1.38. The van der Waals surface area contributed by atoms with Crippen molar-refractivity contribution < 1.29 is 13.2 Å². The van der Waals surface area contributed by atoms with Crippen molar-refractivity contribution in [2.24, 2.45) is 0 Å². The van der Waals surface area contributed by atoms with Crippen LogP contribution in [0.2, 0.25) is 0 Å². The van der Waals surface area contributed by atoms with Gasteiger partial charge in [-0.1, -0.05) is 17.7 Å². The van der Waals surface area contributed by atoms with Gasteiger partial charge in [0.25, 0.3) is 5.91 Å². The maximum atomic E-state index is 13.1. The minimum atomic E-state index is -3.28. The first kappa shape index (κ1) is 23.2. The zero-order valence-electron chi connectivity index (χ0n) is 19.8. The van der Waals surface area contributed by atoms with Gasteiger partial charge in [0.15, 0.2) is 5.65 Å². The summed E-state index contributed by atoms with van der Waals surface area (Å²) in [5, 5.41) is 0.808.